The molecule has 1 fully saturated rings. The molecule has 118 valence electrons. The number of nitrogens with one attached hydrogen (secondary N) is 1. The van der Waals surface area contributed by atoms with E-state index >= 15 is 0 Å². The van der Waals surface area contributed by atoms with Gasteiger partial charge in [-0.1, -0.05) is 37.6 Å². The maximum Gasteiger partial charge on any atom is 0.0292 e. The van der Waals surface area contributed by atoms with Crippen LogP contribution in [0.4, 0.5) is 0 Å². The van der Waals surface area contributed by atoms with Crippen LogP contribution in [0.15, 0.2) is 24.3 Å². The molecule has 0 radical (unpaired) electrons. The molecule has 21 heavy (non-hydrogen) atoms. The third-order valence-corrected chi connectivity index (χ3v) is 5.22. The van der Waals surface area contributed by atoms with Gasteiger partial charge in [0.05, 0.1) is 0 Å². The number of unbranched alkanes of at least 4 members (excludes halogenated alkanes) is 1. The molecule has 1 N–H and O–H groups in total. The van der Waals surface area contributed by atoms with Crippen molar-refractivity contribution >= 4 is 11.8 Å². The molecule has 1 heterocycles. The summed E-state index contributed by atoms with van der Waals surface area (Å²) in [6, 6.07) is 9.63. The van der Waals surface area contributed by atoms with Gasteiger partial charge in [-0.2, -0.15) is 11.8 Å². The van der Waals surface area contributed by atoms with E-state index in [1.807, 2.05) is 0 Å². The van der Waals surface area contributed by atoms with Gasteiger partial charge >= 0.3 is 0 Å². The van der Waals surface area contributed by atoms with Gasteiger partial charge in [0.2, 0.25) is 0 Å². The minimum Gasteiger partial charge on any atom is -0.309 e. The standard InChI is InChI=1S/C18H30N2S/c1-3-4-5-17-6-8-18(9-7-17)16(2)19-10-11-20-12-14-21-15-13-20/h6-9,16,19H,3-5,10-15H2,1-2H3. The Morgan fingerprint density at radius 3 is 2.57 bits per heavy atom. The predicted molar refractivity (Wildman–Crippen MR) is 95.2 cm³/mol. The van der Waals surface area contributed by atoms with Crippen LogP contribution in [0.25, 0.3) is 0 Å². The molecule has 0 amide bonds. The highest BCUT2D eigenvalue weighted by molar-refractivity contribution is 7.99. The largest absolute Gasteiger partial charge is 0.309 e. The quantitative estimate of drug-likeness (QED) is 0.788. The number of nitrogens with zero attached hydrogens (tertiary/aromatic N) is 1. The number of hydrogen-bond donors (Lipinski definition) is 1. The Kier molecular flexibility index (Phi) is 7.62. The summed E-state index contributed by atoms with van der Waals surface area (Å²) < 4.78 is 0. The van der Waals surface area contributed by atoms with Crippen molar-refractivity contribution in [3.05, 3.63) is 35.4 Å². The van der Waals surface area contributed by atoms with Crippen molar-refractivity contribution < 1.29 is 0 Å². The first-order valence-corrected chi connectivity index (χ1v) is 9.57. The summed E-state index contributed by atoms with van der Waals surface area (Å²) in [6.45, 7) is 9.30. The van der Waals surface area contributed by atoms with Crippen molar-refractivity contribution in [3.8, 4) is 0 Å². The zero-order chi connectivity index (χ0) is 14.9. The van der Waals surface area contributed by atoms with Gasteiger partial charge in [-0.15, -0.1) is 0 Å². The lowest BCUT2D eigenvalue weighted by Crippen LogP contribution is -2.38. The summed E-state index contributed by atoms with van der Waals surface area (Å²) in [5.41, 5.74) is 2.88. The maximum atomic E-state index is 3.66. The zero-order valence-corrected chi connectivity index (χ0v) is 14.4. The van der Waals surface area contributed by atoms with Gasteiger partial charge in [0.25, 0.3) is 0 Å². The lowest BCUT2D eigenvalue weighted by atomic mass is 10.0. The molecule has 1 aromatic carbocycles. The number of benzene rings is 1. The van der Waals surface area contributed by atoms with Gasteiger partial charge in [0.1, 0.15) is 0 Å². The molecule has 0 saturated carbocycles. The van der Waals surface area contributed by atoms with Crippen LogP contribution < -0.4 is 5.32 Å². The SMILES string of the molecule is CCCCc1ccc(C(C)NCCN2CCSCC2)cc1. The average Bonchev–Trinajstić information content (AvgIpc) is 2.54. The van der Waals surface area contributed by atoms with Crippen LogP contribution in [-0.4, -0.2) is 42.6 Å². The fraction of sp³-hybridized carbons (Fsp3) is 0.667. The number of aryl methyl sites for hydroxylation is 1. The zero-order valence-electron chi connectivity index (χ0n) is 13.6. The Labute approximate surface area is 134 Å². The lowest BCUT2D eigenvalue weighted by molar-refractivity contribution is 0.297. The third kappa shape index (κ3) is 6.01. The van der Waals surface area contributed by atoms with Crippen LogP contribution >= 0.6 is 11.8 Å². The topological polar surface area (TPSA) is 15.3 Å². The molecule has 0 aliphatic carbocycles. The highest BCUT2D eigenvalue weighted by Crippen LogP contribution is 2.15. The van der Waals surface area contributed by atoms with E-state index < -0.39 is 0 Å². The lowest BCUT2D eigenvalue weighted by Gasteiger charge is -2.27. The Bertz CT molecular complexity index is 385. The summed E-state index contributed by atoms with van der Waals surface area (Å²) in [6.07, 6.45) is 3.78. The monoisotopic (exact) mass is 306 g/mol. The average molecular weight is 307 g/mol. The Morgan fingerprint density at radius 1 is 1.19 bits per heavy atom. The third-order valence-electron chi connectivity index (χ3n) is 4.28. The van der Waals surface area contributed by atoms with E-state index in [0.717, 1.165) is 6.54 Å². The molecule has 0 spiro atoms. The van der Waals surface area contributed by atoms with E-state index in [0.29, 0.717) is 6.04 Å². The van der Waals surface area contributed by atoms with Crippen LogP contribution in [0, 0.1) is 0 Å². The summed E-state index contributed by atoms with van der Waals surface area (Å²) in [7, 11) is 0. The van der Waals surface area contributed by atoms with Gasteiger partial charge in [0.15, 0.2) is 0 Å². The molecule has 1 unspecified atom stereocenters. The molecular weight excluding hydrogens is 276 g/mol. The van der Waals surface area contributed by atoms with Crippen LogP contribution in [-0.2, 0) is 6.42 Å². The van der Waals surface area contributed by atoms with Crippen LogP contribution in [0.5, 0.6) is 0 Å². The summed E-state index contributed by atoms with van der Waals surface area (Å²) in [4.78, 5) is 2.57. The first-order chi connectivity index (χ1) is 10.3. The second-order valence-corrected chi connectivity index (χ2v) is 7.20. The van der Waals surface area contributed by atoms with Crippen molar-refractivity contribution in [2.24, 2.45) is 0 Å². The van der Waals surface area contributed by atoms with Crippen LogP contribution in [0.2, 0.25) is 0 Å². The highest BCUT2D eigenvalue weighted by Gasteiger charge is 2.10. The molecule has 0 aromatic heterocycles. The molecule has 1 aliphatic heterocycles. The van der Waals surface area contributed by atoms with Crippen molar-refractivity contribution in [3.63, 3.8) is 0 Å². The minimum absolute atomic E-state index is 0.449. The fourth-order valence-electron chi connectivity index (χ4n) is 2.74. The van der Waals surface area contributed by atoms with E-state index in [4.69, 9.17) is 0 Å². The first-order valence-electron chi connectivity index (χ1n) is 8.42. The fourth-order valence-corrected chi connectivity index (χ4v) is 3.71. The maximum absolute atomic E-state index is 3.66. The molecule has 2 nitrogen and oxygen atoms in total. The molecule has 3 heteroatoms. The Balaban J connectivity index is 1.70. The van der Waals surface area contributed by atoms with Gasteiger partial charge in [-0.05, 0) is 30.9 Å². The van der Waals surface area contributed by atoms with Crippen LogP contribution in [0.1, 0.15) is 43.9 Å². The number of rotatable bonds is 8. The van der Waals surface area contributed by atoms with E-state index in [2.05, 4.69) is 60.1 Å². The van der Waals surface area contributed by atoms with Gasteiger partial charge in [-0.25, -0.2) is 0 Å². The van der Waals surface area contributed by atoms with E-state index in [1.54, 1.807) is 0 Å². The summed E-state index contributed by atoms with van der Waals surface area (Å²) >= 11 is 2.08. The molecule has 2 rings (SSSR count). The van der Waals surface area contributed by atoms with Gasteiger partial charge < -0.3 is 10.2 Å². The highest BCUT2D eigenvalue weighted by atomic mass is 32.2. The van der Waals surface area contributed by atoms with Crippen molar-refractivity contribution in [2.75, 3.05) is 37.7 Å². The second kappa shape index (κ2) is 9.50. The molecule has 1 aliphatic rings. The molecular formula is C18H30N2S. The second-order valence-electron chi connectivity index (χ2n) is 5.97. The van der Waals surface area contributed by atoms with Gasteiger partial charge in [-0.3, -0.25) is 0 Å². The van der Waals surface area contributed by atoms with Crippen molar-refractivity contribution in [1.29, 1.82) is 0 Å². The Hall–Kier alpha value is -0.510. The first kappa shape index (κ1) is 16.9. The van der Waals surface area contributed by atoms with Gasteiger partial charge in [0, 0.05) is 43.7 Å². The summed E-state index contributed by atoms with van der Waals surface area (Å²) in [5.74, 6) is 2.60. The minimum atomic E-state index is 0.449. The smallest absolute Gasteiger partial charge is 0.0292 e. The normalized spacial score (nSPS) is 17.8. The van der Waals surface area contributed by atoms with E-state index in [9.17, 15) is 0 Å². The molecule has 0 bridgehead atoms. The molecule has 1 atom stereocenters. The molecule has 1 saturated heterocycles. The predicted octanol–water partition coefficient (Wildman–Crippen LogP) is 3.73. The van der Waals surface area contributed by atoms with Crippen molar-refractivity contribution in [1.82, 2.24) is 10.2 Å². The number of hydrogen-bond acceptors (Lipinski definition) is 3. The summed E-state index contributed by atoms with van der Waals surface area (Å²) in [5, 5.41) is 3.66. The van der Waals surface area contributed by atoms with Crippen LogP contribution in [0.3, 0.4) is 0 Å². The van der Waals surface area contributed by atoms with E-state index in [-0.39, 0.29) is 0 Å². The Morgan fingerprint density at radius 2 is 1.90 bits per heavy atom. The molecule has 1 aromatic rings. The number of thioether (sulfide) groups is 1. The van der Waals surface area contributed by atoms with Crippen molar-refractivity contribution in [2.45, 2.75) is 39.2 Å². The van der Waals surface area contributed by atoms with E-state index in [1.165, 1.54) is 61.5 Å².